The molecule has 0 saturated carbocycles. The normalized spacial score (nSPS) is 43.7. The summed E-state index contributed by atoms with van der Waals surface area (Å²) in [6, 6.07) is 0. The molecule has 0 radical (unpaired) electrons. The fraction of sp³-hybridized carbons (Fsp3) is 0.733. The van der Waals surface area contributed by atoms with Crippen LogP contribution in [-0.4, -0.2) is 40.9 Å². The summed E-state index contributed by atoms with van der Waals surface area (Å²) in [4.78, 5) is 0. The summed E-state index contributed by atoms with van der Waals surface area (Å²) < 4.78 is 12.0. The molecule has 1 aliphatic carbocycles. The van der Waals surface area contributed by atoms with E-state index in [1.807, 2.05) is 39.8 Å². The summed E-state index contributed by atoms with van der Waals surface area (Å²) in [7, 11) is 0. The molecular weight excluding hydrogens is 244 g/mol. The summed E-state index contributed by atoms with van der Waals surface area (Å²) >= 11 is 0. The van der Waals surface area contributed by atoms with Crippen LogP contribution in [0.1, 0.15) is 34.1 Å². The first-order valence-corrected chi connectivity index (χ1v) is 6.90. The topological polar surface area (TPSA) is 58.9 Å². The molecule has 4 nitrogen and oxygen atoms in total. The average molecular weight is 268 g/mol. The third-order valence-electron chi connectivity index (χ3n) is 3.88. The molecule has 4 heteroatoms. The Labute approximate surface area is 114 Å². The van der Waals surface area contributed by atoms with E-state index in [0.29, 0.717) is 0 Å². The molecular formula is C15H24O4. The quantitative estimate of drug-likeness (QED) is 0.761. The van der Waals surface area contributed by atoms with Crippen LogP contribution in [0.5, 0.6) is 0 Å². The lowest BCUT2D eigenvalue weighted by Crippen LogP contribution is -2.59. The van der Waals surface area contributed by atoms with Crippen LogP contribution >= 0.6 is 0 Å². The number of aliphatic hydroxyl groups excluding tert-OH is 2. The van der Waals surface area contributed by atoms with E-state index in [1.165, 1.54) is 0 Å². The van der Waals surface area contributed by atoms with E-state index in [2.05, 4.69) is 0 Å². The maximum absolute atomic E-state index is 10.6. The van der Waals surface area contributed by atoms with E-state index in [9.17, 15) is 10.2 Å². The highest BCUT2D eigenvalue weighted by Gasteiger charge is 2.52. The lowest BCUT2D eigenvalue weighted by molar-refractivity contribution is -0.357. The lowest BCUT2D eigenvalue weighted by atomic mass is 9.89. The van der Waals surface area contributed by atoms with E-state index < -0.39 is 11.9 Å². The van der Waals surface area contributed by atoms with Crippen molar-refractivity contribution in [3.8, 4) is 0 Å². The summed E-state index contributed by atoms with van der Waals surface area (Å²) in [6.45, 7) is 7.65. The highest BCUT2D eigenvalue weighted by molar-refractivity contribution is 5.30. The predicted octanol–water partition coefficient (Wildman–Crippen LogP) is 1.77. The maximum atomic E-state index is 10.6. The second kappa shape index (κ2) is 5.37. The highest BCUT2D eigenvalue weighted by atomic mass is 16.7. The van der Waals surface area contributed by atoms with Crippen molar-refractivity contribution in [2.75, 3.05) is 6.61 Å². The molecule has 1 heterocycles. The zero-order chi connectivity index (χ0) is 14.2. The summed E-state index contributed by atoms with van der Waals surface area (Å²) in [5.41, 5.74) is 1.80. The standard InChI is InChI=1S/C15H24O4/c1-9-5-10(2)14(17)15(13(6-9)8-16)18-11(3)7-12(4)19-15/h5-6,11-14,16-17H,7-8H2,1-4H3. The predicted molar refractivity (Wildman–Crippen MR) is 72.5 cm³/mol. The van der Waals surface area contributed by atoms with E-state index in [4.69, 9.17) is 9.47 Å². The van der Waals surface area contributed by atoms with Crippen LogP contribution in [0.25, 0.3) is 0 Å². The van der Waals surface area contributed by atoms with E-state index >= 15 is 0 Å². The van der Waals surface area contributed by atoms with Crippen LogP contribution in [0.15, 0.2) is 23.3 Å². The number of ether oxygens (including phenoxy) is 2. The minimum absolute atomic E-state index is 0.00736. The number of rotatable bonds is 1. The third kappa shape index (κ3) is 2.63. The van der Waals surface area contributed by atoms with Gasteiger partial charge in [-0.25, -0.2) is 0 Å². The van der Waals surface area contributed by atoms with Crippen molar-refractivity contribution in [2.45, 2.75) is 58.2 Å². The second-order valence-corrected chi connectivity index (χ2v) is 5.80. The summed E-state index contributed by atoms with van der Waals surface area (Å²) in [5.74, 6) is -1.55. The molecule has 1 aliphatic heterocycles. The first-order valence-electron chi connectivity index (χ1n) is 6.90. The SMILES string of the molecule is CC1=CC(CO)C2(OC(C)CC(C)O2)C(O)C(C)=C1. The molecule has 0 aromatic heterocycles. The minimum Gasteiger partial charge on any atom is -0.396 e. The maximum Gasteiger partial charge on any atom is 0.207 e. The number of allylic oxidation sites excluding steroid dienone is 2. The molecule has 2 rings (SSSR count). The molecule has 19 heavy (non-hydrogen) atoms. The van der Waals surface area contributed by atoms with Gasteiger partial charge >= 0.3 is 0 Å². The molecule has 108 valence electrons. The molecule has 1 saturated heterocycles. The summed E-state index contributed by atoms with van der Waals surface area (Å²) in [6.07, 6.45) is 3.74. The van der Waals surface area contributed by atoms with E-state index in [1.54, 1.807) is 0 Å². The highest BCUT2D eigenvalue weighted by Crippen LogP contribution is 2.41. The van der Waals surface area contributed by atoms with Crippen LogP contribution in [0.2, 0.25) is 0 Å². The summed E-state index contributed by atoms with van der Waals surface area (Å²) in [5, 5.41) is 20.3. The molecule has 4 atom stereocenters. The van der Waals surface area contributed by atoms with Crippen molar-refractivity contribution < 1.29 is 19.7 Å². The van der Waals surface area contributed by atoms with Gasteiger partial charge in [-0.3, -0.25) is 0 Å². The van der Waals surface area contributed by atoms with Crippen molar-refractivity contribution in [1.29, 1.82) is 0 Å². The Morgan fingerprint density at radius 3 is 2.37 bits per heavy atom. The molecule has 2 N–H and O–H groups in total. The second-order valence-electron chi connectivity index (χ2n) is 5.80. The Morgan fingerprint density at radius 2 is 1.84 bits per heavy atom. The molecule has 2 aliphatic rings. The van der Waals surface area contributed by atoms with Gasteiger partial charge in [0.15, 0.2) is 0 Å². The Balaban J connectivity index is 2.46. The number of hydrogen-bond donors (Lipinski definition) is 2. The van der Waals surface area contributed by atoms with Gasteiger partial charge in [-0.1, -0.05) is 17.7 Å². The average Bonchev–Trinajstić information content (AvgIpc) is 2.39. The minimum atomic E-state index is -1.18. The van der Waals surface area contributed by atoms with Crippen LogP contribution in [-0.2, 0) is 9.47 Å². The lowest BCUT2D eigenvalue weighted by Gasteiger charge is -2.48. The monoisotopic (exact) mass is 268 g/mol. The van der Waals surface area contributed by atoms with Gasteiger partial charge in [0, 0.05) is 0 Å². The van der Waals surface area contributed by atoms with Crippen LogP contribution in [0.4, 0.5) is 0 Å². The largest absolute Gasteiger partial charge is 0.396 e. The van der Waals surface area contributed by atoms with Gasteiger partial charge in [-0.05, 0) is 39.7 Å². The van der Waals surface area contributed by atoms with Crippen molar-refractivity contribution in [1.82, 2.24) is 0 Å². The molecule has 0 amide bonds. The van der Waals surface area contributed by atoms with E-state index in [-0.39, 0.29) is 24.7 Å². The van der Waals surface area contributed by atoms with E-state index in [0.717, 1.165) is 17.6 Å². The number of aliphatic hydroxyl groups is 2. The van der Waals surface area contributed by atoms with Crippen molar-refractivity contribution in [3.05, 3.63) is 23.3 Å². The third-order valence-corrected chi connectivity index (χ3v) is 3.88. The molecule has 0 aromatic carbocycles. The van der Waals surface area contributed by atoms with Crippen LogP contribution < -0.4 is 0 Å². The van der Waals surface area contributed by atoms with Gasteiger partial charge < -0.3 is 19.7 Å². The van der Waals surface area contributed by atoms with Crippen molar-refractivity contribution in [2.24, 2.45) is 5.92 Å². The molecule has 1 spiro atoms. The Hall–Kier alpha value is -0.680. The van der Waals surface area contributed by atoms with Crippen LogP contribution in [0.3, 0.4) is 0 Å². The van der Waals surface area contributed by atoms with Gasteiger partial charge in [0.25, 0.3) is 0 Å². The zero-order valence-corrected chi connectivity index (χ0v) is 12.1. The Morgan fingerprint density at radius 1 is 1.26 bits per heavy atom. The zero-order valence-electron chi connectivity index (χ0n) is 12.1. The number of hydrogen-bond acceptors (Lipinski definition) is 4. The molecule has 4 unspecified atom stereocenters. The fourth-order valence-corrected chi connectivity index (χ4v) is 3.14. The van der Waals surface area contributed by atoms with Gasteiger partial charge in [-0.15, -0.1) is 0 Å². The van der Waals surface area contributed by atoms with Gasteiger partial charge in [0.1, 0.15) is 6.10 Å². The van der Waals surface area contributed by atoms with Crippen molar-refractivity contribution >= 4 is 0 Å². The van der Waals surface area contributed by atoms with Crippen LogP contribution in [0, 0.1) is 5.92 Å². The van der Waals surface area contributed by atoms with Gasteiger partial charge in [0.2, 0.25) is 5.79 Å². The molecule has 0 bridgehead atoms. The van der Waals surface area contributed by atoms with Crippen molar-refractivity contribution in [3.63, 3.8) is 0 Å². The van der Waals surface area contributed by atoms with Gasteiger partial charge in [0.05, 0.1) is 24.7 Å². The fourth-order valence-electron chi connectivity index (χ4n) is 3.14. The smallest absolute Gasteiger partial charge is 0.207 e. The molecule has 1 fully saturated rings. The molecule has 0 aromatic rings. The Kier molecular flexibility index (Phi) is 4.16. The first-order chi connectivity index (χ1) is 8.89. The first kappa shape index (κ1) is 14.7. The Bertz CT molecular complexity index is 389. The van der Waals surface area contributed by atoms with Gasteiger partial charge in [-0.2, -0.15) is 0 Å².